The molecule has 4 heteroatoms. The lowest BCUT2D eigenvalue weighted by Gasteiger charge is -2.25. The molecular weight excluding hydrogens is 260 g/mol. The number of para-hydroxylation sites is 1. The molecule has 0 fully saturated rings. The molecule has 0 aliphatic carbocycles. The second-order valence-corrected chi connectivity index (χ2v) is 4.39. The summed E-state index contributed by atoms with van der Waals surface area (Å²) in [7, 11) is 0. The molecule has 0 N–H and O–H groups in total. The summed E-state index contributed by atoms with van der Waals surface area (Å²) in [5, 5.41) is 0. The largest absolute Gasteiger partial charge is 0.339 e. The van der Waals surface area contributed by atoms with Crippen molar-refractivity contribution in [2.75, 3.05) is 11.4 Å². The van der Waals surface area contributed by atoms with Crippen LogP contribution in [0.25, 0.3) is 0 Å². The number of halogens is 2. The maximum atomic E-state index is 13.9. The third-order valence-electron chi connectivity index (χ3n) is 3.09. The molecule has 2 aromatic rings. The standard InChI is InChI=1S/C16H15F2NO/c1-3-19(14-9-5-4-7-12(14)17)15-10-6-8-13(18)16(15)11(2)20/h4-10H,3H2,1-2H3. The predicted octanol–water partition coefficient (Wildman–Crippen LogP) is 4.33. The molecule has 2 aromatic carbocycles. The van der Waals surface area contributed by atoms with Crippen LogP contribution in [0.3, 0.4) is 0 Å². The zero-order valence-electron chi connectivity index (χ0n) is 11.4. The number of anilines is 2. The minimum atomic E-state index is -0.593. The number of carbonyl (C=O) groups is 1. The summed E-state index contributed by atoms with van der Waals surface area (Å²) in [6.07, 6.45) is 0. The highest BCUT2D eigenvalue weighted by Crippen LogP contribution is 2.31. The number of hydrogen-bond donors (Lipinski definition) is 0. The Hall–Kier alpha value is -2.23. The van der Waals surface area contributed by atoms with Crippen LogP contribution >= 0.6 is 0 Å². The lowest BCUT2D eigenvalue weighted by Crippen LogP contribution is -2.20. The highest BCUT2D eigenvalue weighted by Gasteiger charge is 2.19. The number of benzene rings is 2. The van der Waals surface area contributed by atoms with Gasteiger partial charge in [0.05, 0.1) is 16.9 Å². The van der Waals surface area contributed by atoms with Gasteiger partial charge in [-0.15, -0.1) is 0 Å². The molecule has 2 rings (SSSR count). The lowest BCUT2D eigenvalue weighted by atomic mass is 10.1. The second-order valence-electron chi connectivity index (χ2n) is 4.39. The topological polar surface area (TPSA) is 20.3 Å². The summed E-state index contributed by atoms with van der Waals surface area (Å²) in [6.45, 7) is 3.54. The van der Waals surface area contributed by atoms with Crippen LogP contribution in [0.2, 0.25) is 0 Å². The molecule has 0 bridgehead atoms. The van der Waals surface area contributed by atoms with Crippen LogP contribution < -0.4 is 4.90 Å². The molecule has 0 aliphatic rings. The van der Waals surface area contributed by atoms with Gasteiger partial charge in [-0.1, -0.05) is 18.2 Å². The molecule has 0 amide bonds. The van der Waals surface area contributed by atoms with Crippen molar-refractivity contribution in [3.8, 4) is 0 Å². The molecule has 104 valence electrons. The third kappa shape index (κ3) is 2.54. The van der Waals surface area contributed by atoms with Gasteiger partial charge in [0.1, 0.15) is 11.6 Å². The van der Waals surface area contributed by atoms with Crippen LogP contribution in [0.15, 0.2) is 42.5 Å². The second kappa shape index (κ2) is 5.82. The van der Waals surface area contributed by atoms with Crippen molar-refractivity contribution in [3.05, 3.63) is 59.7 Å². The van der Waals surface area contributed by atoms with Crippen molar-refractivity contribution in [1.29, 1.82) is 0 Å². The van der Waals surface area contributed by atoms with Gasteiger partial charge in [-0.05, 0) is 38.1 Å². The van der Waals surface area contributed by atoms with Crippen LogP contribution in [0, 0.1) is 11.6 Å². The van der Waals surface area contributed by atoms with E-state index in [9.17, 15) is 13.6 Å². The van der Waals surface area contributed by atoms with Crippen molar-refractivity contribution in [3.63, 3.8) is 0 Å². The molecule has 0 unspecified atom stereocenters. The number of Topliss-reactive ketones (excluding diaryl/α,β-unsaturated/α-hetero) is 1. The smallest absolute Gasteiger partial charge is 0.164 e. The van der Waals surface area contributed by atoms with Crippen LogP contribution in [-0.4, -0.2) is 12.3 Å². The molecule has 0 aromatic heterocycles. The SMILES string of the molecule is CCN(c1ccccc1F)c1cccc(F)c1C(C)=O. The van der Waals surface area contributed by atoms with E-state index in [2.05, 4.69) is 0 Å². The Kier molecular flexibility index (Phi) is 4.13. The fraction of sp³-hybridized carbons (Fsp3) is 0.188. The van der Waals surface area contributed by atoms with Crippen LogP contribution in [0.4, 0.5) is 20.2 Å². The Labute approximate surface area is 116 Å². The van der Waals surface area contributed by atoms with Gasteiger partial charge in [0.2, 0.25) is 0 Å². The van der Waals surface area contributed by atoms with E-state index < -0.39 is 11.6 Å². The van der Waals surface area contributed by atoms with E-state index in [0.29, 0.717) is 17.9 Å². The summed E-state index contributed by atoms with van der Waals surface area (Å²) >= 11 is 0. The molecule has 2 nitrogen and oxygen atoms in total. The zero-order chi connectivity index (χ0) is 14.7. The molecule has 0 atom stereocenters. The van der Waals surface area contributed by atoms with Gasteiger partial charge in [0, 0.05) is 6.54 Å². The van der Waals surface area contributed by atoms with E-state index in [4.69, 9.17) is 0 Å². The van der Waals surface area contributed by atoms with Gasteiger partial charge in [-0.3, -0.25) is 4.79 Å². The summed E-state index contributed by atoms with van der Waals surface area (Å²) in [6, 6.07) is 10.6. The molecule has 0 saturated carbocycles. The van der Waals surface area contributed by atoms with Gasteiger partial charge < -0.3 is 4.90 Å². The van der Waals surface area contributed by atoms with Crippen molar-refractivity contribution >= 4 is 17.2 Å². The first kappa shape index (κ1) is 14.2. The number of rotatable bonds is 4. The monoisotopic (exact) mass is 275 g/mol. The molecule has 0 aliphatic heterocycles. The minimum Gasteiger partial charge on any atom is -0.339 e. The maximum absolute atomic E-state index is 13.9. The van der Waals surface area contributed by atoms with E-state index in [1.165, 1.54) is 25.1 Å². The molecule has 0 heterocycles. The Morgan fingerprint density at radius 2 is 1.60 bits per heavy atom. The minimum absolute atomic E-state index is 0.0161. The highest BCUT2D eigenvalue weighted by atomic mass is 19.1. The lowest BCUT2D eigenvalue weighted by molar-refractivity contribution is 0.101. The van der Waals surface area contributed by atoms with Crippen LogP contribution in [0.1, 0.15) is 24.2 Å². The fourth-order valence-corrected chi connectivity index (χ4v) is 2.23. The molecule has 20 heavy (non-hydrogen) atoms. The molecule has 0 saturated heterocycles. The first-order chi connectivity index (χ1) is 9.56. The normalized spacial score (nSPS) is 10.4. The average molecular weight is 275 g/mol. The third-order valence-corrected chi connectivity index (χ3v) is 3.09. The van der Waals surface area contributed by atoms with E-state index in [0.717, 1.165) is 0 Å². The fourth-order valence-electron chi connectivity index (χ4n) is 2.23. The van der Waals surface area contributed by atoms with Gasteiger partial charge in [-0.25, -0.2) is 8.78 Å². The van der Waals surface area contributed by atoms with Crippen LogP contribution in [-0.2, 0) is 0 Å². The summed E-state index contributed by atoms with van der Waals surface area (Å²) in [5.74, 6) is -1.38. The Morgan fingerprint density at radius 3 is 2.20 bits per heavy atom. The number of hydrogen-bond acceptors (Lipinski definition) is 2. The quantitative estimate of drug-likeness (QED) is 0.774. The predicted molar refractivity (Wildman–Crippen MR) is 75.5 cm³/mol. The molecule has 0 spiro atoms. The first-order valence-corrected chi connectivity index (χ1v) is 6.37. The first-order valence-electron chi connectivity index (χ1n) is 6.37. The number of carbonyl (C=O) groups excluding carboxylic acids is 1. The average Bonchev–Trinajstić information content (AvgIpc) is 2.41. The van der Waals surface area contributed by atoms with E-state index >= 15 is 0 Å². The Bertz CT molecular complexity index is 640. The highest BCUT2D eigenvalue weighted by molar-refractivity contribution is 6.00. The van der Waals surface area contributed by atoms with Gasteiger partial charge in [0.15, 0.2) is 5.78 Å². The van der Waals surface area contributed by atoms with Gasteiger partial charge in [0.25, 0.3) is 0 Å². The maximum Gasteiger partial charge on any atom is 0.164 e. The van der Waals surface area contributed by atoms with E-state index in [1.807, 2.05) is 6.92 Å². The molecular formula is C16H15F2NO. The van der Waals surface area contributed by atoms with Crippen molar-refractivity contribution in [2.24, 2.45) is 0 Å². The Balaban J connectivity index is 2.62. The van der Waals surface area contributed by atoms with Gasteiger partial charge >= 0.3 is 0 Å². The van der Waals surface area contributed by atoms with Crippen molar-refractivity contribution in [2.45, 2.75) is 13.8 Å². The van der Waals surface area contributed by atoms with E-state index in [-0.39, 0.29) is 11.3 Å². The van der Waals surface area contributed by atoms with E-state index in [1.54, 1.807) is 29.2 Å². The summed E-state index contributed by atoms with van der Waals surface area (Å²) < 4.78 is 27.8. The van der Waals surface area contributed by atoms with Crippen LogP contribution in [0.5, 0.6) is 0 Å². The summed E-state index contributed by atoms with van der Waals surface area (Å²) in [5.41, 5.74) is 0.686. The zero-order valence-corrected chi connectivity index (χ0v) is 11.4. The van der Waals surface area contributed by atoms with Crippen molar-refractivity contribution in [1.82, 2.24) is 0 Å². The number of nitrogens with zero attached hydrogens (tertiary/aromatic N) is 1. The van der Waals surface area contributed by atoms with Gasteiger partial charge in [-0.2, -0.15) is 0 Å². The number of ketones is 1. The molecule has 0 radical (unpaired) electrons. The Morgan fingerprint density at radius 1 is 1.00 bits per heavy atom. The summed E-state index contributed by atoms with van der Waals surface area (Å²) in [4.78, 5) is 13.3. The van der Waals surface area contributed by atoms with Crippen molar-refractivity contribution < 1.29 is 13.6 Å².